The molecular formula is C35H55N5O6Si2. The number of hydrogen-bond acceptors (Lipinski definition) is 10. The van der Waals surface area contributed by atoms with Gasteiger partial charge in [0.05, 0.1) is 6.33 Å². The van der Waals surface area contributed by atoms with Gasteiger partial charge in [-0.25, -0.2) is 15.0 Å². The normalized spacial score (nSPS) is 24.9. The minimum absolute atomic E-state index is 0.0549. The van der Waals surface area contributed by atoms with Gasteiger partial charge in [0.1, 0.15) is 43.1 Å². The van der Waals surface area contributed by atoms with Crippen molar-refractivity contribution in [1.29, 1.82) is 0 Å². The lowest BCUT2D eigenvalue weighted by molar-refractivity contribution is -0.117. The fourth-order valence-electron chi connectivity index (χ4n) is 8.48. The molecule has 13 heteroatoms. The topological polar surface area (TPSA) is 133 Å². The van der Waals surface area contributed by atoms with E-state index in [9.17, 15) is 4.79 Å². The van der Waals surface area contributed by atoms with E-state index >= 15 is 0 Å². The van der Waals surface area contributed by atoms with Crippen LogP contribution in [0.3, 0.4) is 0 Å². The number of carbonyl (C=O) groups excluding carboxylic acids is 1. The minimum Gasteiger partial charge on any atom is -0.394 e. The molecule has 0 spiro atoms. The predicted octanol–water partition coefficient (Wildman–Crippen LogP) is 7.55. The van der Waals surface area contributed by atoms with Crippen molar-refractivity contribution in [2.75, 3.05) is 12.5 Å². The molecule has 0 bridgehead atoms. The summed E-state index contributed by atoms with van der Waals surface area (Å²) in [6.07, 6.45) is -0.778. The summed E-state index contributed by atoms with van der Waals surface area (Å²) in [5.74, 6) is 0.114. The first-order chi connectivity index (χ1) is 22.4. The first-order valence-electron chi connectivity index (χ1n) is 17.2. The third-order valence-corrected chi connectivity index (χ3v) is 21.5. The standard InChI is InChI=1S/C35H55N5O6Si2/c1-21(2)47(22(3)4,23(5)6)43-20-42-30-29-28(44-33(30)40-19-39-25-31(36)37-18-38-32(25)40)27(26(41)24-16-14-13-15-17-24)45-48(46-29,34(7,8)9)35(10,11)12/h13-19,21-23,27-30,33H,20H2,1-12H3,(H2,36,37,38)/t27?,28-,29-,30-,33-/m1/s1. The second-order valence-corrected chi connectivity index (χ2v) is 26.4. The predicted molar refractivity (Wildman–Crippen MR) is 191 cm³/mol. The number of ketones is 1. The van der Waals surface area contributed by atoms with E-state index < -0.39 is 57.6 Å². The molecule has 0 aliphatic carbocycles. The van der Waals surface area contributed by atoms with Crippen molar-refractivity contribution < 1.29 is 27.5 Å². The van der Waals surface area contributed by atoms with E-state index in [0.717, 1.165) is 0 Å². The third-order valence-electron chi connectivity index (χ3n) is 10.3. The number of rotatable bonds is 10. The Bertz CT molecular complexity index is 1550. The van der Waals surface area contributed by atoms with Gasteiger partial charge >= 0.3 is 8.56 Å². The molecule has 2 aliphatic rings. The number of nitrogen functional groups attached to an aromatic ring is 1. The lowest BCUT2D eigenvalue weighted by atomic mass is 9.98. The van der Waals surface area contributed by atoms with Crippen LogP contribution in [0.5, 0.6) is 0 Å². The highest BCUT2D eigenvalue weighted by molar-refractivity contribution is 6.77. The van der Waals surface area contributed by atoms with Crippen LogP contribution in [0.4, 0.5) is 5.82 Å². The molecule has 2 N–H and O–H groups in total. The lowest BCUT2D eigenvalue weighted by Crippen LogP contribution is -2.69. The number of hydrogen-bond donors (Lipinski definition) is 1. The number of fused-ring (bicyclic) bond motifs is 2. The number of benzene rings is 1. The molecule has 2 saturated heterocycles. The highest BCUT2D eigenvalue weighted by Gasteiger charge is 2.69. The Balaban J connectivity index is 1.64. The third kappa shape index (κ3) is 6.09. The summed E-state index contributed by atoms with van der Waals surface area (Å²) in [5, 5.41) is -0.827. The minimum atomic E-state index is -3.26. The van der Waals surface area contributed by atoms with Crippen LogP contribution in [0.1, 0.15) is 99.7 Å². The van der Waals surface area contributed by atoms with E-state index in [0.29, 0.717) is 33.4 Å². The zero-order chi connectivity index (χ0) is 35.4. The van der Waals surface area contributed by atoms with Crippen LogP contribution in [0.25, 0.3) is 11.2 Å². The number of aromatic nitrogens is 4. The van der Waals surface area contributed by atoms with Crippen molar-refractivity contribution in [3.05, 3.63) is 48.5 Å². The van der Waals surface area contributed by atoms with E-state index in [1.165, 1.54) is 6.33 Å². The van der Waals surface area contributed by atoms with Crippen molar-refractivity contribution in [2.24, 2.45) is 0 Å². The van der Waals surface area contributed by atoms with E-state index in [2.05, 4.69) is 98.0 Å². The maximum atomic E-state index is 14.5. The average Bonchev–Trinajstić information content (AvgIpc) is 3.59. The highest BCUT2D eigenvalue weighted by atomic mass is 28.4. The molecule has 1 unspecified atom stereocenters. The average molecular weight is 698 g/mol. The van der Waals surface area contributed by atoms with Crippen LogP contribution < -0.4 is 5.73 Å². The summed E-state index contributed by atoms with van der Waals surface area (Å²) >= 11 is 0. The maximum Gasteiger partial charge on any atom is 0.350 e. The molecule has 5 rings (SSSR count). The van der Waals surface area contributed by atoms with Crippen LogP contribution in [0.15, 0.2) is 43.0 Å². The Morgan fingerprint density at radius 2 is 1.52 bits per heavy atom. The number of ether oxygens (including phenoxy) is 2. The summed E-state index contributed by atoms with van der Waals surface area (Å²) in [6.45, 7) is 26.4. The summed E-state index contributed by atoms with van der Waals surface area (Å²) in [5.41, 5.74) is 8.81. The van der Waals surface area contributed by atoms with Crippen LogP contribution in [0.2, 0.25) is 26.7 Å². The molecule has 2 fully saturated rings. The van der Waals surface area contributed by atoms with Gasteiger partial charge in [0, 0.05) is 15.6 Å². The number of Topliss-reactive ketones (excluding diaryl/α,β-unsaturated/α-hetero) is 1. The fourth-order valence-corrected chi connectivity index (χ4v) is 18.7. The first kappa shape index (κ1) is 36.7. The Kier molecular flexibility index (Phi) is 10.2. The smallest absolute Gasteiger partial charge is 0.350 e. The zero-order valence-corrected chi connectivity index (χ0v) is 32.7. The molecule has 0 radical (unpaired) electrons. The van der Waals surface area contributed by atoms with Gasteiger partial charge in [-0.1, -0.05) is 113 Å². The number of imidazole rings is 1. The maximum absolute atomic E-state index is 14.5. The number of anilines is 1. The van der Waals surface area contributed by atoms with E-state index in [4.69, 9.17) is 28.5 Å². The van der Waals surface area contributed by atoms with Crippen LogP contribution in [-0.4, -0.2) is 73.4 Å². The van der Waals surface area contributed by atoms with Crippen molar-refractivity contribution in [3.63, 3.8) is 0 Å². The Morgan fingerprint density at radius 1 is 0.917 bits per heavy atom. The van der Waals surface area contributed by atoms with E-state index in [1.807, 2.05) is 30.3 Å². The van der Waals surface area contributed by atoms with E-state index in [1.54, 1.807) is 10.9 Å². The number of carbonyl (C=O) groups is 1. The van der Waals surface area contributed by atoms with Gasteiger partial charge in [0.15, 0.2) is 23.5 Å². The molecule has 264 valence electrons. The second-order valence-electron chi connectivity index (χ2n) is 16.3. The molecular weight excluding hydrogens is 643 g/mol. The molecule has 2 aliphatic heterocycles. The van der Waals surface area contributed by atoms with Crippen LogP contribution in [0, 0.1) is 0 Å². The Labute approximate surface area is 287 Å². The largest absolute Gasteiger partial charge is 0.394 e. The van der Waals surface area contributed by atoms with Crippen LogP contribution in [-0.2, 0) is 22.8 Å². The van der Waals surface area contributed by atoms with E-state index in [-0.39, 0.29) is 18.4 Å². The van der Waals surface area contributed by atoms with Gasteiger partial charge in [0.2, 0.25) is 8.32 Å². The molecule has 3 aromatic rings. The van der Waals surface area contributed by atoms with Crippen LogP contribution >= 0.6 is 0 Å². The summed E-state index contributed by atoms with van der Waals surface area (Å²) < 4.78 is 36.8. The molecule has 0 saturated carbocycles. The monoisotopic (exact) mass is 697 g/mol. The fraction of sp³-hybridized carbons (Fsp3) is 0.657. The molecule has 2 aromatic heterocycles. The van der Waals surface area contributed by atoms with Crippen molar-refractivity contribution in [2.45, 2.75) is 140 Å². The van der Waals surface area contributed by atoms with Gasteiger partial charge in [-0.05, 0) is 16.6 Å². The zero-order valence-electron chi connectivity index (χ0n) is 30.7. The summed E-state index contributed by atoms with van der Waals surface area (Å²) in [7, 11) is -5.54. The SMILES string of the molecule is CC(C)[Si](OCO[C@@H]1[C@@H]2O[Si](C(C)(C)C)(C(C)(C)C)OC(C(=O)c3ccccc3)[C@H]2O[C@H]1n1cnc2c(N)ncnc21)(C(C)C)C(C)C. The number of nitrogens with two attached hydrogens (primary N) is 1. The Morgan fingerprint density at radius 3 is 2.08 bits per heavy atom. The first-order valence-corrected chi connectivity index (χ1v) is 21.1. The molecule has 11 nitrogen and oxygen atoms in total. The van der Waals surface area contributed by atoms with Gasteiger partial charge in [-0.2, -0.15) is 0 Å². The second kappa shape index (κ2) is 13.3. The quantitative estimate of drug-likeness (QED) is 0.129. The van der Waals surface area contributed by atoms with Crippen molar-refractivity contribution in [1.82, 2.24) is 19.5 Å². The summed E-state index contributed by atoms with van der Waals surface area (Å²) in [4.78, 5) is 27.6. The summed E-state index contributed by atoms with van der Waals surface area (Å²) in [6, 6.07) is 9.25. The Hall–Kier alpha value is -2.53. The highest BCUT2D eigenvalue weighted by Crippen LogP contribution is 2.58. The van der Waals surface area contributed by atoms with Gasteiger partial charge in [-0.15, -0.1) is 0 Å². The van der Waals surface area contributed by atoms with Gasteiger partial charge in [0.25, 0.3) is 0 Å². The molecule has 5 atom stereocenters. The number of nitrogens with zero attached hydrogens (tertiary/aromatic N) is 4. The molecule has 48 heavy (non-hydrogen) atoms. The van der Waals surface area contributed by atoms with Gasteiger partial charge in [-0.3, -0.25) is 9.36 Å². The van der Waals surface area contributed by atoms with Gasteiger partial charge < -0.3 is 28.5 Å². The lowest BCUT2D eigenvalue weighted by Gasteiger charge is -2.55. The molecule has 0 amide bonds. The molecule has 4 heterocycles. The van der Waals surface area contributed by atoms with Crippen molar-refractivity contribution in [3.8, 4) is 0 Å². The van der Waals surface area contributed by atoms with Crippen molar-refractivity contribution >= 4 is 39.6 Å². The molecule has 1 aromatic carbocycles.